The fourth-order valence-electron chi connectivity index (χ4n) is 4.02. The van der Waals surface area contributed by atoms with Gasteiger partial charge >= 0.3 is 0 Å². The van der Waals surface area contributed by atoms with Crippen LogP contribution in [-0.4, -0.2) is 21.7 Å². The molecule has 1 amide bonds. The molecule has 7 N–H and O–H groups in total. The van der Waals surface area contributed by atoms with Gasteiger partial charge in [-0.2, -0.15) is 0 Å². The number of nitrogens with two attached hydrogens (primary N) is 2. The lowest BCUT2D eigenvalue weighted by Crippen LogP contribution is -2.11. The molecule has 0 fully saturated rings. The topological polar surface area (TPSA) is 143 Å². The van der Waals surface area contributed by atoms with Crippen molar-refractivity contribution in [3.63, 3.8) is 0 Å². The van der Waals surface area contributed by atoms with Gasteiger partial charge in [-0.3, -0.25) is 10.2 Å². The summed E-state index contributed by atoms with van der Waals surface area (Å²) < 4.78 is 0. The molecular formula is C29H25N7O. The smallest absolute Gasteiger partial charge is 0.255 e. The van der Waals surface area contributed by atoms with Crippen molar-refractivity contribution in [1.29, 1.82) is 5.41 Å². The fraction of sp³-hybridized carbons (Fsp3) is 0.0345. The van der Waals surface area contributed by atoms with Crippen LogP contribution < -0.4 is 22.1 Å². The maximum atomic E-state index is 12.7. The third-order valence-electron chi connectivity index (χ3n) is 6.01. The second-order valence-electron chi connectivity index (χ2n) is 8.50. The Morgan fingerprint density at radius 1 is 0.838 bits per heavy atom. The molecule has 0 spiro atoms. The average Bonchev–Trinajstić information content (AvgIpc) is 2.93. The van der Waals surface area contributed by atoms with Gasteiger partial charge in [0, 0.05) is 46.8 Å². The Hall–Kier alpha value is -5.08. The van der Waals surface area contributed by atoms with Gasteiger partial charge in [0.15, 0.2) is 0 Å². The van der Waals surface area contributed by atoms with Crippen LogP contribution in [0.15, 0.2) is 97.3 Å². The summed E-state index contributed by atoms with van der Waals surface area (Å²) >= 11 is 0. The molecule has 0 aliphatic carbocycles. The number of anilines is 3. The highest BCUT2D eigenvalue weighted by Crippen LogP contribution is 2.33. The van der Waals surface area contributed by atoms with E-state index in [1.54, 1.807) is 30.6 Å². The Morgan fingerprint density at radius 2 is 1.54 bits per heavy atom. The van der Waals surface area contributed by atoms with E-state index in [1.807, 2.05) is 60.7 Å². The number of hydrogen-bond acceptors (Lipinski definition) is 6. The van der Waals surface area contributed by atoms with Gasteiger partial charge in [-0.25, -0.2) is 9.97 Å². The molecule has 1 heterocycles. The van der Waals surface area contributed by atoms with Crippen molar-refractivity contribution < 1.29 is 4.79 Å². The first-order valence-electron chi connectivity index (χ1n) is 11.7. The lowest BCUT2D eigenvalue weighted by molar-refractivity contribution is 0.102. The molecule has 8 nitrogen and oxygen atoms in total. The number of fused-ring (bicyclic) bond motifs is 1. The molecule has 0 bridgehead atoms. The van der Waals surface area contributed by atoms with E-state index in [0.29, 0.717) is 29.3 Å². The Bertz CT molecular complexity index is 1580. The van der Waals surface area contributed by atoms with E-state index in [0.717, 1.165) is 33.2 Å². The van der Waals surface area contributed by atoms with Crippen LogP contribution in [0, 0.1) is 5.41 Å². The van der Waals surface area contributed by atoms with Crippen molar-refractivity contribution >= 4 is 39.8 Å². The van der Waals surface area contributed by atoms with E-state index in [2.05, 4.69) is 26.7 Å². The first-order valence-corrected chi connectivity index (χ1v) is 11.7. The van der Waals surface area contributed by atoms with Gasteiger partial charge in [0.1, 0.15) is 5.84 Å². The Balaban J connectivity index is 1.46. The molecule has 5 rings (SSSR count). The van der Waals surface area contributed by atoms with Gasteiger partial charge in [0.05, 0.1) is 0 Å². The number of benzene rings is 4. The largest absolute Gasteiger partial charge is 0.384 e. The maximum absolute atomic E-state index is 12.7. The minimum Gasteiger partial charge on any atom is -0.384 e. The molecule has 0 radical (unpaired) electrons. The van der Waals surface area contributed by atoms with Gasteiger partial charge in [0.2, 0.25) is 5.95 Å². The van der Waals surface area contributed by atoms with E-state index in [4.69, 9.17) is 16.9 Å². The number of hydrogen-bond donors (Lipinski definition) is 5. The van der Waals surface area contributed by atoms with Crippen LogP contribution in [0.5, 0.6) is 0 Å². The molecule has 37 heavy (non-hydrogen) atoms. The molecular weight excluding hydrogens is 462 g/mol. The van der Waals surface area contributed by atoms with Gasteiger partial charge in [-0.1, -0.05) is 36.4 Å². The SMILES string of the molecule is N=C(N)c1ccc2cc(-c3ccc(C(=O)Nc4ccc(CN)cc4)cc3)cc(Nc3ncccn3)c2c1. The predicted molar refractivity (Wildman–Crippen MR) is 148 cm³/mol. The number of nitrogens with one attached hydrogen (secondary N) is 3. The molecule has 0 unspecified atom stereocenters. The molecule has 1 aromatic heterocycles. The van der Waals surface area contributed by atoms with Crippen LogP contribution in [0.1, 0.15) is 21.5 Å². The zero-order valence-corrected chi connectivity index (χ0v) is 19.9. The summed E-state index contributed by atoms with van der Waals surface area (Å²) in [5, 5.41) is 15.9. The maximum Gasteiger partial charge on any atom is 0.255 e. The fourth-order valence-corrected chi connectivity index (χ4v) is 4.02. The number of amides is 1. The zero-order valence-electron chi connectivity index (χ0n) is 19.9. The first-order chi connectivity index (χ1) is 18.0. The molecule has 0 atom stereocenters. The molecule has 4 aromatic carbocycles. The van der Waals surface area contributed by atoms with Crippen molar-refractivity contribution in [3.05, 3.63) is 114 Å². The summed E-state index contributed by atoms with van der Waals surface area (Å²) in [7, 11) is 0. The third-order valence-corrected chi connectivity index (χ3v) is 6.01. The van der Waals surface area contributed by atoms with Crippen molar-refractivity contribution in [3.8, 4) is 11.1 Å². The Kier molecular flexibility index (Phi) is 6.56. The molecule has 182 valence electrons. The van der Waals surface area contributed by atoms with Crippen LogP contribution in [0.4, 0.5) is 17.3 Å². The standard InChI is InChI=1S/C29H25N7O/c30-17-18-2-10-24(11-3-18)35-28(37)20-6-4-19(5-7-20)23-14-21-8-9-22(27(31)32)15-25(21)26(16-23)36-29-33-12-1-13-34-29/h1-16H,17,30H2,(H3,31,32)(H,35,37)(H,33,34,36). The highest BCUT2D eigenvalue weighted by Gasteiger charge is 2.11. The summed E-state index contributed by atoms with van der Waals surface area (Å²) in [6.45, 7) is 0.456. The molecule has 8 heteroatoms. The molecule has 0 saturated carbocycles. The number of carbonyl (C=O) groups excluding carboxylic acids is 1. The summed E-state index contributed by atoms with van der Waals surface area (Å²) in [4.78, 5) is 21.3. The highest BCUT2D eigenvalue weighted by atomic mass is 16.1. The number of nitrogens with zero attached hydrogens (tertiary/aromatic N) is 2. The average molecular weight is 488 g/mol. The number of carbonyl (C=O) groups is 1. The van der Waals surface area contributed by atoms with E-state index >= 15 is 0 Å². The van der Waals surface area contributed by atoms with Crippen molar-refractivity contribution in [2.45, 2.75) is 6.54 Å². The minimum absolute atomic E-state index is 0.00271. The summed E-state index contributed by atoms with van der Waals surface area (Å²) in [6, 6.07) is 26.3. The first kappa shape index (κ1) is 23.7. The van der Waals surface area contributed by atoms with Crippen LogP contribution in [0.3, 0.4) is 0 Å². The van der Waals surface area contributed by atoms with Gasteiger partial charge in [-0.05, 0) is 70.6 Å². The monoisotopic (exact) mass is 487 g/mol. The predicted octanol–water partition coefficient (Wildman–Crippen LogP) is 5.04. The summed E-state index contributed by atoms with van der Waals surface area (Å²) in [6.07, 6.45) is 3.33. The van der Waals surface area contributed by atoms with Crippen LogP contribution in [-0.2, 0) is 6.54 Å². The molecule has 5 aromatic rings. The lowest BCUT2D eigenvalue weighted by Gasteiger charge is -2.13. The minimum atomic E-state index is -0.189. The van der Waals surface area contributed by atoms with E-state index in [-0.39, 0.29) is 11.7 Å². The number of aromatic nitrogens is 2. The molecule has 0 aliphatic rings. The van der Waals surface area contributed by atoms with Crippen molar-refractivity contribution in [2.75, 3.05) is 10.6 Å². The Labute approximate surface area is 213 Å². The van der Waals surface area contributed by atoms with Crippen LogP contribution in [0.2, 0.25) is 0 Å². The third kappa shape index (κ3) is 5.29. The second-order valence-corrected chi connectivity index (χ2v) is 8.50. The summed E-state index contributed by atoms with van der Waals surface area (Å²) in [5.74, 6) is 0.267. The Morgan fingerprint density at radius 3 is 2.22 bits per heavy atom. The van der Waals surface area contributed by atoms with Crippen molar-refractivity contribution in [2.24, 2.45) is 11.5 Å². The highest BCUT2D eigenvalue weighted by molar-refractivity contribution is 6.06. The quantitative estimate of drug-likeness (QED) is 0.161. The lowest BCUT2D eigenvalue weighted by atomic mass is 9.97. The van der Waals surface area contributed by atoms with Gasteiger partial charge < -0.3 is 22.1 Å². The summed E-state index contributed by atoms with van der Waals surface area (Å²) in [5.41, 5.74) is 16.9. The zero-order chi connectivity index (χ0) is 25.8. The van der Waals surface area contributed by atoms with Crippen molar-refractivity contribution in [1.82, 2.24) is 9.97 Å². The molecule has 0 aliphatic heterocycles. The number of nitrogen functional groups attached to an aromatic ring is 1. The number of amidine groups is 1. The van der Waals surface area contributed by atoms with E-state index < -0.39 is 0 Å². The second kappa shape index (κ2) is 10.3. The van der Waals surface area contributed by atoms with E-state index in [1.165, 1.54) is 0 Å². The van der Waals surface area contributed by atoms with Gasteiger partial charge in [-0.15, -0.1) is 0 Å². The van der Waals surface area contributed by atoms with E-state index in [9.17, 15) is 4.79 Å². The molecule has 0 saturated heterocycles. The normalized spacial score (nSPS) is 10.7. The number of rotatable bonds is 7. The van der Waals surface area contributed by atoms with Gasteiger partial charge in [0.25, 0.3) is 5.91 Å². The van der Waals surface area contributed by atoms with Crippen LogP contribution >= 0.6 is 0 Å². The van der Waals surface area contributed by atoms with Crippen LogP contribution in [0.25, 0.3) is 21.9 Å².